The second kappa shape index (κ2) is 9.29. The largest absolute Gasteiger partial charge is 0.495 e. The Balaban J connectivity index is 1.39. The molecule has 1 aliphatic heterocycles. The Morgan fingerprint density at radius 1 is 1.00 bits per heavy atom. The van der Waals surface area contributed by atoms with E-state index in [-0.39, 0.29) is 6.03 Å². The van der Waals surface area contributed by atoms with E-state index < -0.39 is 0 Å². The topological polar surface area (TPSA) is 95.5 Å². The number of urea groups is 1. The van der Waals surface area contributed by atoms with Crippen LogP contribution < -0.4 is 20.3 Å². The molecule has 0 spiro atoms. The van der Waals surface area contributed by atoms with E-state index in [2.05, 4.69) is 30.5 Å². The SMILES string of the molecule is COc1ccccc1NC(=O)N1CCN(c2cc(Nc3ccccn3)nc(C)n2)CC1. The van der Waals surface area contributed by atoms with Crippen molar-refractivity contribution < 1.29 is 9.53 Å². The van der Waals surface area contributed by atoms with Crippen LogP contribution in [-0.2, 0) is 0 Å². The van der Waals surface area contributed by atoms with Crippen molar-refractivity contribution in [2.45, 2.75) is 6.92 Å². The van der Waals surface area contributed by atoms with Crippen LogP contribution in [0.5, 0.6) is 5.75 Å². The molecular formula is C22H25N7O2. The Kier molecular flexibility index (Phi) is 6.11. The van der Waals surface area contributed by atoms with Gasteiger partial charge >= 0.3 is 6.03 Å². The number of aromatic nitrogens is 3. The molecule has 2 aromatic heterocycles. The molecule has 1 fully saturated rings. The van der Waals surface area contributed by atoms with E-state index in [0.717, 1.165) is 11.6 Å². The van der Waals surface area contributed by atoms with Crippen molar-refractivity contribution >= 4 is 29.2 Å². The zero-order valence-electron chi connectivity index (χ0n) is 17.6. The number of carbonyl (C=O) groups is 1. The Labute approximate surface area is 181 Å². The predicted octanol–water partition coefficient (Wildman–Crippen LogP) is 3.29. The van der Waals surface area contributed by atoms with Crippen LogP contribution >= 0.6 is 0 Å². The second-order valence-electron chi connectivity index (χ2n) is 7.10. The maximum absolute atomic E-state index is 12.7. The Hall–Kier alpha value is -3.88. The van der Waals surface area contributed by atoms with E-state index in [9.17, 15) is 4.79 Å². The number of carbonyl (C=O) groups excluding carboxylic acids is 1. The van der Waals surface area contributed by atoms with Crippen LogP contribution in [0, 0.1) is 6.92 Å². The number of hydrogen-bond donors (Lipinski definition) is 2. The van der Waals surface area contributed by atoms with Crippen LogP contribution in [0.2, 0.25) is 0 Å². The summed E-state index contributed by atoms with van der Waals surface area (Å²) >= 11 is 0. The predicted molar refractivity (Wildman–Crippen MR) is 120 cm³/mol. The first-order chi connectivity index (χ1) is 15.1. The van der Waals surface area contributed by atoms with Crippen LogP contribution in [-0.4, -0.2) is 59.2 Å². The molecule has 160 valence electrons. The first kappa shape index (κ1) is 20.4. The molecule has 9 nitrogen and oxygen atoms in total. The number of methoxy groups -OCH3 is 1. The Morgan fingerprint density at radius 3 is 2.52 bits per heavy atom. The van der Waals surface area contributed by atoms with Gasteiger partial charge in [0, 0.05) is 38.4 Å². The number of anilines is 4. The average Bonchev–Trinajstić information content (AvgIpc) is 2.80. The highest BCUT2D eigenvalue weighted by Gasteiger charge is 2.23. The van der Waals surface area contributed by atoms with Gasteiger partial charge < -0.3 is 25.2 Å². The molecule has 1 aliphatic rings. The second-order valence-corrected chi connectivity index (χ2v) is 7.10. The molecule has 3 aromatic rings. The minimum atomic E-state index is -0.138. The van der Waals surface area contributed by atoms with Crippen molar-refractivity contribution in [1.29, 1.82) is 0 Å². The average molecular weight is 419 g/mol. The van der Waals surface area contributed by atoms with Crippen LogP contribution in [0.15, 0.2) is 54.7 Å². The molecule has 0 aliphatic carbocycles. The maximum Gasteiger partial charge on any atom is 0.322 e. The van der Waals surface area contributed by atoms with Gasteiger partial charge in [0.15, 0.2) is 0 Å². The molecule has 0 bridgehead atoms. The van der Waals surface area contributed by atoms with Crippen LogP contribution in [0.3, 0.4) is 0 Å². The summed E-state index contributed by atoms with van der Waals surface area (Å²) in [7, 11) is 1.59. The highest BCUT2D eigenvalue weighted by atomic mass is 16.5. The van der Waals surface area contributed by atoms with Gasteiger partial charge in [-0.15, -0.1) is 0 Å². The van der Waals surface area contributed by atoms with Crippen LogP contribution in [0.25, 0.3) is 0 Å². The van der Waals surface area contributed by atoms with Gasteiger partial charge in [0.1, 0.15) is 29.0 Å². The van der Waals surface area contributed by atoms with Crippen molar-refractivity contribution in [2.24, 2.45) is 0 Å². The molecule has 0 saturated carbocycles. The maximum atomic E-state index is 12.7. The molecule has 31 heavy (non-hydrogen) atoms. The van der Waals surface area contributed by atoms with Gasteiger partial charge in [-0.1, -0.05) is 18.2 Å². The quantitative estimate of drug-likeness (QED) is 0.655. The number of rotatable bonds is 5. The fraction of sp³-hybridized carbons (Fsp3) is 0.273. The van der Waals surface area contributed by atoms with Gasteiger partial charge in [-0.2, -0.15) is 0 Å². The smallest absolute Gasteiger partial charge is 0.322 e. The number of para-hydroxylation sites is 2. The van der Waals surface area contributed by atoms with Crippen molar-refractivity contribution in [3.05, 3.63) is 60.6 Å². The number of nitrogens with zero attached hydrogens (tertiary/aromatic N) is 5. The van der Waals surface area contributed by atoms with Gasteiger partial charge in [0.2, 0.25) is 0 Å². The minimum Gasteiger partial charge on any atom is -0.495 e. The van der Waals surface area contributed by atoms with E-state index in [0.29, 0.717) is 49.3 Å². The van der Waals surface area contributed by atoms with E-state index in [1.165, 1.54) is 0 Å². The van der Waals surface area contributed by atoms with Gasteiger partial charge in [0.05, 0.1) is 12.8 Å². The lowest BCUT2D eigenvalue weighted by molar-refractivity contribution is 0.208. The third kappa shape index (κ3) is 5.00. The lowest BCUT2D eigenvalue weighted by atomic mass is 10.3. The van der Waals surface area contributed by atoms with E-state index in [1.807, 2.05) is 55.5 Å². The molecule has 3 heterocycles. The monoisotopic (exact) mass is 419 g/mol. The summed E-state index contributed by atoms with van der Waals surface area (Å²) in [6, 6.07) is 14.8. The van der Waals surface area contributed by atoms with Gasteiger partial charge in [0.25, 0.3) is 0 Å². The molecule has 0 unspecified atom stereocenters. The summed E-state index contributed by atoms with van der Waals surface area (Å²) in [5.41, 5.74) is 0.661. The molecule has 1 saturated heterocycles. The fourth-order valence-corrected chi connectivity index (χ4v) is 3.43. The van der Waals surface area contributed by atoms with Crippen molar-refractivity contribution in [3.8, 4) is 5.75 Å². The highest BCUT2D eigenvalue weighted by molar-refractivity contribution is 5.91. The fourth-order valence-electron chi connectivity index (χ4n) is 3.43. The normalized spacial score (nSPS) is 13.6. The number of benzene rings is 1. The molecule has 1 aromatic carbocycles. The number of aryl methyl sites for hydroxylation is 1. The van der Waals surface area contributed by atoms with E-state index in [4.69, 9.17) is 4.74 Å². The lowest BCUT2D eigenvalue weighted by Gasteiger charge is -2.35. The lowest BCUT2D eigenvalue weighted by Crippen LogP contribution is -2.50. The molecule has 0 radical (unpaired) electrons. The number of piperazine rings is 1. The zero-order chi connectivity index (χ0) is 21.6. The summed E-state index contributed by atoms with van der Waals surface area (Å²) in [5.74, 6) is 3.56. The number of hydrogen-bond acceptors (Lipinski definition) is 7. The molecule has 4 rings (SSSR count). The molecule has 9 heteroatoms. The summed E-state index contributed by atoms with van der Waals surface area (Å²) in [4.78, 5) is 30.0. The number of ether oxygens (including phenoxy) is 1. The highest BCUT2D eigenvalue weighted by Crippen LogP contribution is 2.24. The van der Waals surface area contributed by atoms with Gasteiger partial charge in [-0.3, -0.25) is 0 Å². The van der Waals surface area contributed by atoms with Gasteiger partial charge in [-0.05, 0) is 31.2 Å². The number of pyridine rings is 1. The van der Waals surface area contributed by atoms with Crippen molar-refractivity contribution in [2.75, 3.05) is 48.8 Å². The van der Waals surface area contributed by atoms with E-state index in [1.54, 1.807) is 18.2 Å². The summed E-state index contributed by atoms with van der Waals surface area (Å²) in [5, 5.41) is 6.15. The molecular weight excluding hydrogens is 394 g/mol. The van der Waals surface area contributed by atoms with Gasteiger partial charge in [-0.25, -0.2) is 19.7 Å². The van der Waals surface area contributed by atoms with Crippen LogP contribution in [0.1, 0.15) is 5.82 Å². The molecule has 2 amide bonds. The minimum absolute atomic E-state index is 0.138. The summed E-state index contributed by atoms with van der Waals surface area (Å²) in [6.45, 7) is 4.40. The molecule has 0 atom stereocenters. The third-order valence-electron chi connectivity index (χ3n) is 4.98. The van der Waals surface area contributed by atoms with E-state index >= 15 is 0 Å². The number of amides is 2. The van der Waals surface area contributed by atoms with Crippen molar-refractivity contribution in [3.63, 3.8) is 0 Å². The first-order valence-electron chi connectivity index (χ1n) is 10.1. The Morgan fingerprint density at radius 2 is 1.77 bits per heavy atom. The number of nitrogens with one attached hydrogen (secondary N) is 2. The molecule has 2 N–H and O–H groups in total. The standard InChI is InChI=1S/C22H25N7O2/c1-16-24-20(27-19-9-5-6-10-23-19)15-21(25-16)28-11-13-29(14-12-28)22(30)26-17-7-3-4-8-18(17)31-2/h3-10,15H,11-14H2,1-2H3,(H,26,30)(H,23,24,25,27). The van der Waals surface area contributed by atoms with Crippen LogP contribution in [0.4, 0.5) is 27.9 Å². The summed E-state index contributed by atoms with van der Waals surface area (Å²) in [6.07, 6.45) is 1.73. The third-order valence-corrected chi connectivity index (χ3v) is 4.98. The zero-order valence-corrected chi connectivity index (χ0v) is 17.6. The Bertz CT molecular complexity index is 1040. The summed E-state index contributed by atoms with van der Waals surface area (Å²) < 4.78 is 5.31. The first-order valence-corrected chi connectivity index (χ1v) is 10.1. The van der Waals surface area contributed by atoms with Crippen molar-refractivity contribution in [1.82, 2.24) is 19.9 Å².